The molecule has 0 fully saturated rings. The predicted octanol–water partition coefficient (Wildman–Crippen LogP) is 0.873. The average molecular weight is 257 g/mol. The maximum Gasteiger partial charge on any atom is 0.389 e. The fourth-order valence-corrected chi connectivity index (χ4v) is 1.55. The summed E-state index contributed by atoms with van der Waals surface area (Å²) in [6, 6.07) is 0. The zero-order chi connectivity index (χ0) is 12.4. The molecule has 0 unspecified atom stereocenters. The van der Waals surface area contributed by atoms with Crippen LogP contribution in [0, 0.1) is 0 Å². The van der Waals surface area contributed by atoms with Crippen LogP contribution in [0.1, 0.15) is 12.8 Å². The van der Waals surface area contributed by atoms with Gasteiger partial charge in [0.25, 0.3) is 10.0 Å². The minimum atomic E-state index is -4.21. The van der Waals surface area contributed by atoms with Crippen molar-refractivity contribution in [3.63, 3.8) is 0 Å². The van der Waals surface area contributed by atoms with Crippen molar-refractivity contribution in [2.75, 3.05) is 0 Å². The van der Waals surface area contributed by atoms with Crippen molar-refractivity contribution in [1.82, 2.24) is 9.55 Å². The van der Waals surface area contributed by atoms with Gasteiger partial charge in [0.2, 0.25) is 0 Å². The highest BCUT2D eigenvalue weighted by Gasteiger charge is 2.26. The van der Waals surface area contributed by atoms with Gasteiger partial charge in [0.15, 0.2) is 5.03 Å². The Morgan fingerprint density at radius 3 is 2.50 bits per heavy atom. The molecule has 0 aliphatic carbocycles. The molecule has 0 amide bonds. The highest BCUT2D eigenvalue weighted by molar-refractivity contribution is 7.89. The van der Waals surface area contributed by atoms with Crippen LogP contribution >= 0.6 is 0 Å². The van der Waals surface area contributed by atoms with E-state index in [1.807, 2.05) is 0 Å². The Balaban J connectivity index is 2.54. The Labute approximate surface area is 90.1 Å². The summed E-state index contributed by atoms with van der Waals surface area (Å²) in [5.41, 5.74) is 0. The number of nitrogens with two attached hydrogens (primary N) is 1. The van der Waals surface area contributed by atoms with Crippen molar-refractivity contribution in [1.29, 1.82) is 0 Å². The first-order valence-corrected chi connectivity index (χ1v) is 5.84. The van der Waals surface area contributed by atoms with Crippen LogP contribution in [0.15, 0.2) is 17.6 Å². The van der Waals surface area contributed by atoms with Crippen molar-refractivity contribution >= 4 is 10.0 Å². The number of primary sulfonamides is 1. The highest BCUT2D eigenvalue weighted by atomic mass is 32.2. The Hall–Kier alpha value is -1.09. The molecule has 0 saturated heterocycles. The van der Waals surface area contributed by atoms with Gasteiger partial charge >= 0.3 is 6.18 Å². The van der Waals surface area contributed by atoms with Crippen LogP contribution < -0.4 is 5.14 Å². The summed E-state index contributed by atoms with van der Waals surface area (Å²) in [6.07, 6.45) is -3.02. The monoisotopic (exact) mass is 257 g/mol. The predicted molar refractivity (Wildman–Crippen MR) is 48.9 cm³/mol. The van der Waals surface area contributed by atoms with Gasteiger partial charge < -0.3 is 4.57 Å². The molecule has 0 bridgehead atoms. The molecule has 16 heavy (non-hydrogen) atoms. The molecule has 0 spiro atoms. The highest BCUT2D eigenvalue weighted by Crippen LogP contribution is 2.21. The first kappa shape index (κ1) is 13.0. The van der Waals surface area contributed by atoms with Crippen LogP contribution in [0.25, 0.3) is 0 Å². The van der Waals surface area contributed by atoms with Gasteiger partial charge in [-0.2, -0.15) is 13.2 Å². The Morgan fingerprint density at radius 1 is 1.44 bits per heavy atom. The lowest BCUT2D eigenvalue weighted by Crippen LogP contribution is -2.12. The summed E-state index contributed by atoms with van der Waals surface area (Å²) in [6.45, 7) is 0.0437. The molecular weight excluding hydrogens is 247 g/mol. The van der Waals surface area contributed by atoms with Crippen LogP contribution in [0.3, 0.4) is 0 Å². The second-order valence-corrected chi connectivity index (χ2v) is 4.72. The van der Waals surface area contributed by atoms with E-state index in [0.29, 0.717) is 0 Å². The zero-order valence-corrected chi connectivity index (χ0v) is 8.92. The summed E-state index contributed by atoms with van der Waals surface area (Å²) < 4.78 is 58.3. The fraction of sp³-hybridized carbons (Fsp3) is 0.571. The Kier molecular flexibility index (Phi) is 3.58. The summed E-state index contributed by atoms with van der Waals surface area (Å²) in [5, 5.41) is 4.44. The lowest BCUT2D eigenvalue weighted by Gasteiger charge is -2.05. The summed E-state index contributed by atoms with van der Waals surface area (Å²) in [4.78, 5) is 3.47. The van der Waals surface area contributed by atoms with Gasteiger partial charge in [-0.1, -0.05) is 0 Å². The lowest BCUT2D eigenvalue weighted by molar-refractivity contribution is -0.135. The van der Waals surface area contributed by atoms with Crippen molar-refractivity contribution in [2.24, 2.45) is 5.14 Å². The van der Waals surface area contributed by atoms with E-state index in [9.17, 15) is 21.6 Å². The molecule has 5 nitrogen and oxygen atoms in total. The van der Waals surface area contributed by atoms with Crippen molar-refractivity contribution < 1.29 is 21.6 Å². The third-order valence-corrected chi connectivity index (χ3v) is 2.57. The Bertz CT molecular complexity index is 452. The van der Waals surface area contributed by atoms with Crippen molar-refractivity contribution in [3.05, 3.63) is 12.5 Å². The summed E-state index contributed by atoms with van der Waals surface area (Å²) in [5.74, 6) is 0. The van der Waals surface area contributed by atoms with E-state index >= 15 is 0 Å². The van der Waals surface area contributed by atoms with Crippen molar-refractivity contribution in [3.8, 4) is 0 Å². The number of alkyl halides is 3. The maximum atomic E-state index is 11.8. The first-order chi connectivity index (χ1) is 7.18. The number of rotatable bonds is 4. The van der Waals surface area contributed by atoms with Gasteiger partial charge in [-0.05, 0) is 6.42 Å². The molecule has 1 aromatic heterocycles. The largest absolute Gasteiger partial charge is 0.389 e. The smallest absolute Gasteiger partial charge is 0.336 e. The molecule has 0 aromatic carbocycles. The minimum absolute atomic E-state index is 0.0437. The molecule has 0 atom stereocenters. The minimum Gasteiger partial charge on any atom is -0.336 e. The van der Waals surface area contributed by atoms with E-state index in [4.69, 9.17) is 5.14 Å². The van der Waals surface area contributed by atoms with Gasteiger partial charge in [-0.3, -0.25) is 0 Å². The second-order valence-electron chi connectivity index (χ2n) is 3.21. The van der Waals surface area contributed by atoms with Crippen LogP contribution in [0.2, 0.25) is 0 Å². The van der Waals surface area contributed by atoms with E-state index in [-0.39, 0.29) is 18.0 Å². The number of halogens is 3. The van der Waals surface area contributed by atoms with Crippen molar-refractivity contribution in [2.45, 2.75) is 30.6 Å². The third-order valence-electron chi connectivity index (χ3n) is 1.78. The van der Waals surface area contributed by atoms with Gasteiger partial charge in [0, 0.05) is 19.2 Å². The second kappa shape index (κ2) is 4.42. The molecule has 0 aliphatic heterocycles. The fourth-order valence-electron chi connectivity index (χ4n) is 1.07. The third kappa shape index (κ3) is 4.19. The van der Waals surface area contributed by atoms with E-state index in [1.54, 1.807) is 0 Å². The van der Waals surface area contributed by atoms with Gasteiger partial charge in [0.1, 0.15) is 0 Å². The number of nitrogens with zero attached hydrogens (tertiary/aromatic N) is 2. The van der Waals surface area contributed by atoms with E-state index in [1.165, 1.54) is 4.57 Å². The number of aryl methyl sites for hydroxylation is 1. The molecule has 0 saturated carbocycles. The van der Waals surface area contributed by atoms with Crippen LogP contribution in [-0.2, 0) is 16.6 Å². The SMILES string of the molecule is NS(=O)(=O)c1cn(CCCC(F)(F)F)cn1. The molecule has 1 aromatic rings. The van der Waals surface area contributed by atoms with E-state index in [2.05, 4.69) is 4.98 Å². The molecular formula is C7H10F3N3O2S. The maximum absolute atomic E-state index is 11.8. The average Bonchev–Trinajstić information content (AvgIpc) is 2.49. The molecule has 92 valence electrons. The standard InChI is InChI=1S/C7H10F3N3O2S/c8-7(9,10)2-1-3-13-4-6(12-5-13)16(11,14)15/h4-5H,1-3H2,(H2,11,14,15). The quantitative estimate of drug-likeness (QED) is 0.869. The van der Waals surface area contributed by atoms with Gasteiger partial charge in [0.05, 0.1) is 6.33 Å². The lowest BCUT2D eigenvalue weighted by atomic mass is 10.3. The van der Waals surface area contributed by atoms with Gasteiger partial charge in [-0.15, -0.1) is 0 Å². The van der Waals surface area contributed by atoms with Crippen LogP contribution in [0.4, 0.5) is 13.2 Å². The van der Waals surface area contributed by atoms with Crippen LogP contribution in [0.5, 0.6) is 0 Å². The number of hydrogen-bond donors (Lipinski definition) is 1. The normalized spacial score (nSPS) is 13.0. The number of imidazole rings is 1. The summed E-state index contributed by atoms with van der Waals surface area (Å²) >= 11 is 0. The molecule has 2 N–H and O–H groups in total. The number of hydrogen-bond acceptors (Lipinski definition) is 3. The first-order valence-electron chi connectivity index (χ1n) is 4.30. The molecule has 1 rings (SSSR count). The topological polar surface area (TPSA) is 78.0 Å². The van der Waals surface area contributed by atoms with E-state index < -0.39 is 22.6 Å². The molecule has 0 aliphatic rings. The molecule has 1 heterocycles. The zero-order valence-electron chi connectivity index (χ0n) is 8.11. The molecule has 0 radical (unpaired) electrons. The van der Waals surface area contributed by atoms with E-state index in [0.717, 1.165) is 12.5 Å². The molecule has 9 heteroatoms. The van der Waals surface area contributed by atoms with Gasteiger partial charge in [-0.25, -0.2) is 18.5 Å². The number of aromatic nitrogens is 2. The van der Waals surface area contributed by atoms with Crippen LogP contribution in [-0.4, -0.2) is 24.1 Å². The Morgan fingerprint density at radius 2 is 2.06 bits per heavy atom. The summed E-state index contributed by atoms with van der Waals surface area (Å²) in [7, 11) is -3.89. The number of sulfonamides is 1.